The summed E-state index contributed by atoms with van der Waals surface area (Å²) in [6.45, 7) is 0. The van der Waals surface area contributed by atoms with Crippen molar-refractivity contribution in [3.8, 4) is 0 Å². The Hall–Kier alpha value is -1.44. The maximum absolute atomic E-state index is 5.93. The summed E-state index contributed by atoms with van der Waals surface area (Å²) >= 11 is 8.51. The van der Waals surface area contributed by atoms with Crippen LogP contribution in [0.5, 0.6) is 0 Å². The molecular formula is C12H9ClN4OS2. The van der Waals surface area contributed by atoms with Crippen LogP contribution >= 0.6 is 34.9 Å². The smallest absolute Gasteiger partial charge is 0.276 e. The van der Waals surface area contributed by atoms with E-state index in [1.165, 1.54) is 23.3 Å². The van der Waals surface area contributed by atoms with Gasteiger partial charge in [0.15, 0.2) is 0 Å². The average Bonchev–Trinajstić information content (AvgIpc) is 3.07. The average molecular weight is 325 g/mol. The third-order valence-electron chi connectivity index (χ3n) is 2.49. The summed E-state index contributed by atoms with van der Waals surface area (Å²) in [4.78, 5) is 0. The van der Waals surface area contributed by atoms with Crippen molar-refractivity contribution in [1.82, 2.24) is 19.8 Å². The molecule has 2 heterocycles. The molecule has 0 spiro atoms. The van der Waals surface area contributed by atoms with Crippen LogP contribution in [0.2, 0.25) is 4.34 Å². The first-order valence-corrected chi connectivity index (χ1v) is 7.91. The van der Waals surface area contributed by atoms with Crippen molar-refractivity contribution >= 4 is 34.9 Å². The SMILES string of the molecule is Clc1snnc1CSc1nnc(Cc2ccccc2)o1. The molecular weight excluding hydrogens is 316 g/mol. The van der Waals surface area contributed by atoms with Gasteiger partial charge in [-0.25, -0.2) is 0 Å². The Morgan fingerprint density at radius 1 is 1.15 bits per heavy atom. The van der Waals surface area contributed by atoms with Crippen LogP contribution in [-0.2, 0) is 12.2 Å². The number of hydrogen-bond acceptors (Lipinski definition) is 7. The van der Waals surface area contributed by atoms with E-state index in [4.69, 9.17) is 16.0 Å². The fourth-order valence-electron chi connectivity index (χ4n) is 1.55. The van der Waals surface area contributed by atoms with Gasteiger partial charge in [0.2, 0.25) is 5.89 Å². The maximum atomic E-state index is 5.93. The lowest BCUT2D eigenvalue weighted by Gasteiger charge is -1.95. The monoisotopic (exact) mass is 324 g/mol. The minimum absolute atomic E-state index is 0.514. The molecule has 0 aliphatic rings. The Balaban J connectivity index is 1.61. The normalized spacial score (nSPS) is 10.8. The summed E-state index contributed by atoms with van der Waals surface area (Å²) in [7, 11) is 0. The highest BCUT2D eigenvalue weighted by Crippen LogP contribution is 2.26. The lowest BCUT2D eigenvalue weighted by atomic mass is 10.2. The highest BCUT2D eigenvalue weighted by atomic mass is 35.5. The minimum atomic E-state index is 0.514. The fraction of sp³-hybridized carbons (Fsp3) is 0.167. The molecule has 20 heavy (non-hydrogen) atoms. The zero-order valence-electron chi connectivity index (χ0n) is 10.2. The van der Waals surface area contributed by atoms with Crippen molar-refractivity contribution in [3.63, 3.8) is 0 Å². The van der Waals surface area contributed by atoms with E-state index >= 15 is 0 Å². The van der Waals surface area contributed by atoms with E-state index in [0.29, 0.717) is 27.6 Å². The van der Waals surface area contributed by atoms with E-state index in [1.54, 1.807) is 0 Å². The van der Waals surface area contributed by atoms with Crippen LogP contribution in [0.4, 0.5) is 0 Å². The second-order valence-corrected chi connectivity index (χ2v) is 6.19. The summed E-state index contributed by atoms with van der Waals surface area (Å²) < 4.78 is 9.95. The maximum Gasteiger partial charge on any atom is 0.276 e. The number of aromatic nitrogens is 4. The molecule has 0 fully saturated rings. The molecule has 0 aliphatic heterocycles. The third kappa shape index (κ3) is 3.36. The number of benzene rings is 1. The van der Waals surface area contributed by atoms with Gasteiger partial charge in [-0.15, -0.1) is 15.3 Å². The van der Waals surface area contributed by atoms with E-state index in [2.05, 4.69) is 19.8 Å². The molecule has 0 bridgehead atoms. The van der Waals surface area contributed by atoms with Crippen LogP contribution in [0.25, 0.3) is 0 Å². The van der Waals surface area contributed by atoms with Crippen LogP contribution in [0.3, 0.4) is 0 Å². The standard InChI is InChI=1S/C12H9ClN4OS2/c13-11-9(14-17-20-11)7-19-12-16-15-10(18-12)6-8-4-2-1-3-5-8/h1-5H,6-7H2. The van der Waals surface area contributed by atoms with Crippen molar-refractivity contribution in [2.75, 3.05) is 0 Å². The van der Waals surface area contributed by atoms with Crippen LogP contribution in [0, 0.1) is 0 Å². The Bertz CT molecular complexity index is 686. The lowest BCUT2D eigenvalue weighted by Crippen LogP contribution is -1.87. The van der Waals surface area contributed by atoms with Gasteiger partial charge in [-0.3, -0.25) is 0 Å². The predicted molar refractivity (Wildman–Crippen MR) is 78.0 cm³/mol. The van der Waals surface area contributed by atoms with Gasteiger partial charge < -0.3 is 4.42 Å². The minimum Gasteiger partial charge on any atom is -0.416 e. The first kappa shape index (κ1) is 13.5. The van der Waals surface area contributed by atoms with Crippen LogP contribution < -0.4 is 0 Å². The zero-order chi connectivity index (χ0) is 13.8. The summed E-state index contributed by atoms with van der Waals surface area (Å²) in [5.41, 5.74) is 1.88. The molecule has 0 atom stereocenters. The van der Waals surface area contributed by atoms with Gasteiger partial charge in [0.05, 0.1) is 6.42 Å². The van der Waals surface area contributed by atoms with Crippen molar-refractivity contribution in [2.24, 2.45) is 0 Å². The van der Waals surface area contributed by atoms with E-state index < -0.39 is 0 Å². The van der Waals surface area contributed by atoms with Crippen molar-refractivity contribution in [3.05, 3.63) is 51.8 Å². The third-order valence-corrected chi connectivity index (χ3v) is 4.30. The zero-order valence-corrected chi connectivity index (χ0v) is 12.6. The summed E-state index contributed by atoms with van der Waals surface area (Å²) in [5, 5.41) is 12.5. The van der Waals surface area contributed by atoms with Crippen LogP contribution in [0.15, 0.2) is 40.0 Å². The summed E-state index contributed by atoms with van der Waals surface area (Å²) in [5.74, 6) is 1.17. The second-order valence-electron chi connectivity index (χ2n) is 3.91. The first-order chi connectivity index (χ1) is 9.81. The Morgan fingerprint density at radius 2 is 2.00 bits per heavy atom. The highest BCUT2D eigenvalue weighted by Gasteiger charge is 2.11. The van der Waals surface area contributed by atoms with Crippen LogP contribution in [-0.4, -0.2) is 19.8 Å². The van der Waals surface area contributed by atoms with Gasteiger partial charge in [0.1, 0.15) is 10.0 Å². The molecule has 0 aliphatic carbocycles. The summed E-state index contributed by atoms with van der Waals surface area (Å²) in [6, 6.07) is 10.00. The molecule has 8 heteroatoms. The van der Waals surface area contributed by atoms with E-state index in [0.717, 1.165) is 11.3 Å². The number of halogens is 1. The molecule has 0 unspecified atom stereocenters. The van der Waals surface area contributed by atoms with Gasteiger partial charge in [0.25, 0.3) is 5.22 Å². The van der Waals surface area contributed by atoms with E-state index in [9.17, 15) is 0 Å². The van der Waals surface area contributed by atoms with E-state index in [-0.39, 0.29) is 0 Å². The van der Waals surface area contributed by atoms with Gasteiger partial charge in [-0.2, -0.15) is 0 Å². The van der Waals surface area contributed by atoms with Gasteiger partial charge >= 0.3 is 0 Å². The fourth-order valence-corrected chi connectivity index (χ4v) is 3.06. The Labute approximate surface area is 128 Å². The van der Waals surface area contributed by atoms with Gasteiger partial charge in [-0.1, -0.05) is 58.2 Å². The number of hydrogen-bond donors (Lipinski definition) is 0. The van der Waals surface area contributed by atoms with Gasteiger partial charge in [-0.05, 0) is 5.56 Å². The van der Waals surface area contributed by atoms with Gasteiger partial charge in [0, 0.05) is 17.3 Å². The lowest BCUT2D eigenvalue weighted by molar-refractivity contribution is 0.420. The summed E-state index contributed by atoms with van der Waals surface area (Å²) in [6.07, 6.45) is 0.632. The molecule has 5 nitrogen and oxygen atoms in total. The van der Waals surface area contributed by atoms with Crippen LogP contribution in [0.1, 0.15) is 17.1 Å². The van der Waals surface area contributed by atoms with Crippen molar-refractivity contribution in [1.29, 1.82) is 0 Å². The van der Waals surface area contributed by atoms with Crippen molar-refractivity contribution in [2.45, 2.75) is 17.4 Å². The molecule has 0 saturated carbocycles. The predicted octanol–water partition coefficient (Wildman–Crippen LogP) is 3.46. The Morgan fingerprint density at radius 3 is 2.75 bits per heavy atom. The van der Waals surface area contributed by atoms with E-state index in [1.807, 2.05) is 30.3 Å². The molecule has 102 valence electrons. The molecule has 3 rings (SSSR count). The molecule has 3 aromatic rings. The number of thioether (sulfide) groups is 1. The molecule has 0 amide bonds. The molecule has 0 N–H and O–H groups in total. The topological polar surface area (TPSA) is 64.7 Å². The molecule has 1 aromatic carbocycles. The second kappa shape index (κ2) is 6.34. The Kier molecular flexibility index (Phi) is 4.29. The number of nitrogens with zero attached hydrogens (tertiary/aromatic N) is 4. The molecule has 0 saturated heterocycles. The quantitative estimate of drug-likeness (QED) is 0.670. The number of rotatable bonds is 5. The molecule has 0 radical (unpaired) electrons. The largest absolute Gasteiger partial charge is 0.416 e. The van der Waals surface area contributed by atoms with Crippen molar-refractivity contribution < 1.29 is 4.42 Å². The molecule has 2 aromatic heterocycles. The highest BCUT2D eigenvalue weighted by molar-refractivity contribution is 7.98. The first-order valence-electron chi connectivity index (χ1n) is 5.77.